The number of nitrogen functional groups attached to an aromatic ring is 1. The lowest BCUT2D eigenvalue weighted by Gasteiger charge is -2.22. The van der Waals surface area contributed by atoms with Crippen molar-refractivity contribution in [3.63, 3.8) is 0 Å². The Labute approximate surface area is 245 Å². The van der Waals surface area contributed by atoms with E-state index in [9.17, 15) is 13.2 Å². The largest absolute Gasteiger partial charge is 0.493 e. The van der Waals surface area contributed by atoms with Gasteiger partial charge in [0.05, 0.1) is 12.0 Å². The fourth-order valence-corrected chi connectivity index (χ4v) is 4.72. The van der Waals surface area contributed by atoms with Gasteiger partial charge >= 0.3 is 0 Å². The SMILES string of the molecule is COc1cc(C(Nc2ccc(C(=N)N)cc2)C(=O)NCCc2ccc(S(N)(=O)=O)cc2)ccc1OCc1ccccc1. The van der Waals surface area contributed by atoms with Crippen molar-refractivity contribution >= 4 is 27.5 Å². The van der Waals surface area contributed by atoms with Crippen LogP contribution in [0.2, 0.25) is 0 Å². The molecule has 0 saturated heterocycles. The smallest absolute Gasteiger partial charge is 0.247 e. The zero-order valence-electron chi connectivity index (χ0n) is 23.0. The average Bonchev–Trinajstić information content (AvgIpc) is 2.99. The highest BCUT2D eigenvalue weighted by atomic mass is 32.2. The maximum atomic E-state index is 13.5. The van der Waals surface area contributed by atoms with Gasteiger partial charge in [-0.05, 0) is 71.6 Å². The molecule has 4 aromatic carbocycles. The highest BCUT2D eigenvalue weighted by Crippen LogP contribution is 2.32. The van der Waals surface area contributed by atoms with Gasteiger partial charge in [-0.25, -0.2) is 13.6 Å². The Morgan fingerprint density at radius 2 is 1.60 bits per heavy atom. The van der Waals surface area contributed by atoms with E-state index in [0.29, 0.717) is 47.9 Å². The molecule has 42 heavy (non-hydrogen) atoms. The van der Waals surface area contributed by atoms with Crippen LogP contribution in [0.1, 0.15) is 28.3 Å². The van der Waals surface area contributed by atoms with Gasteiger partial charge in [0.2, 0.25) is 15.9 Å². The second kappa shape index (κ2) is 13.7. The highest BCUT2D eigenvalue weighted by molar-refractivity contribution is 7.89. The number of ether oxygens (including phenoxy) is 2. The molecule has 0 aliphatic rings. The van der Waals surface area contributed by atoms with Crippen molar-refractivity contribution in [1.29, 1.82) is 5.41 Å². The van der Waals surface area contributed by atoms with E-state index in [0.717, 1.165) is 11.1 Å². The Morgan fingerprint density at radius 1 is 0.905 bits per heavy atom. The minimum Gasteiger partial charge on any atom is -0.493 e. The van der Waals surface area contributed by atoms with Crippen molar-refractivity contribution in [1.82, 2.24) is 5.32 Å². The van der Waals surface area contributed by atoms with E-state index in [1.807, 2.05) is 30.3 Å². The molecule has 7 N–H and O–H groups in total. The van der Waals surface area contributed by atoms with E-state index in [1.54, 1.807) is 61.7 Å². The fourth-order valence-electron chi connectivity index (χ4n) is 4.21. The van der Waals surface area contributed by atoms with E-state index >= 15 is 0 Å². The van der Waals surface area contributed by atoms with E-state index in [4.69, 9.17) is 25.8 Å². The molecule has 0 fully saturated rings. The van der Waals surface area contributed by atoms with Crippen molar-refractivity contribution in [3.05, 3.63) is 119 Å². The number of nitrogens with two attached hydrogens (primary N) is 2. The molecule has 218 valence electrons. The second-order valence-electron chi connectivity index (χ2n) is 9.48. The summed E-state index contributed by atoms with van der Waals surface area (Å²) in [4.78, 5) is 13.5. The lowest BCUT2D eigenvalue weighted by molar-refractivity contribution is -0.121. The van der Waals surface area contributed by atoms with Gasteiger partial charge in [-0.15, -0.1) is 0 Å². The van der Waals surface area contributed by atoms with Gasteiger partial charge in [0.1, 0.15) is 18.5 Å². The first-order chi connectivity index (χ1) is 20.1. The molecule has 1 amide bonds. The quantitative estimate of drug-likeness (QED) is 0.117. The van der Waals surface area contributed by atoms with Gasteiger partial charge in [0.25, 0.3) is 0 Å². The van der Waals surface area contributed by atoms with Crippen LogP contribution in [0.25, 0.3) is 0 Å². The number of sulfonamides is 1. The summed E-state index contributed by atoms with van der Waals surface area (Å²) in [6, 6.07) is 27.4. The van der Waals surface area contributed by atoms with E-state index < -0.39 is 16.1 Å². The number of hydrogen-bond acceptors (Lipinski definition) is 7. The Morgan fingerprint density at radius 3 is 2.21 bits per heavy atom. The molecule has 1 unspecified atom stereocenters. The molecular weight excluding hydrogens is 554 g/mol. The second-order valence-corrected chi connectivity index (χ2v) is 11.0. The number of methoxy groups -OCH3 is 1. The normalized spacial score (nSPS) is 11.8. The van der Waals surface area contributed by atoms with Gasteiger partial charge in [-0.1, -0.05) is 48.5 Å². The lowest BCUT2D eigenvalue weighted by Crippen LogP contribution is -2.34. The number of carbonyl (C=O) groups is 1. The number of hydrogen-bond donors (Lipinski definition) is 5. The molecule has 1 atom stereocenters. The number of rotatable bonds is 13. The molecule has 0 radical (unpaired) electrons. The van der Waals surface area contributed by atoms with Crippen LogP contribution in [0.5, 0.6) is 11.5 Å². The van der Waals surface area contributed by atoms with Crippen molar-refractivity contribution in [2.45, 2.75) is 24.0 Å². The number of benzene rings is 4. The summed E-state index contributed by atoms with van der Waals surface area (Å²) < 4.78 is 34.6. The maximum Gasteiger partial charge on any atom is 0.247 e. The average molecular weight is 588 g/mol. The summed E-state index contributed by atoms with van der Waals surface area (Å²) in [7, 11) is -2.24. The molecule has 11 heteroatoms. The first-order valence-electron chi connectivity index (χ1n) is 13.1. The van der Waals surface area contributed by atoms with E-state index in [2.05, 4.69) is 10.6 Å². The summed E-state index contributed by atoms with van der Waals surface area (Å²) >= 11 is 0. The zero-order valence-corrected chi connectivity index (χ0v) is 23.9. The van der Waals surface area contributed by atoms with Crippen LogP contribution in [0.15, 0.2) is 102 Å². The molecule has 0 aliphatic heterocycles. The van der Waals surface area contributed by atoms with Crippen LogP contribution < -0.4 is 31.0 Å². The van der Waals surface area contributed by atoms with Crippen molar-refractivity contribution in [2.24, 2.45) is 10.9 Å². The van der Waals surface area contributed by atoms with E-state index in [1.165, 1.54) is 12.1 Å². The van der Waals surface area contributed by atoms with Gasteiger partial charge in [0.15, 0.2) is 11.5 Å². The number of primary sulfonamides is 1. The van der Waals surface area contributed by atoms with Crippen molar-refractivity contribution < 1.29 is 22.7 Å². The number of anilines is 1. The summed E-state index contributed by atoms with van der Waals surface area (Å²) in [6.45, 7) is 0.670. The Bertz CT molecular complexity index is 1630. The molecule has 0 heterocycles. The third kappa shape index (κ3) is 8.09. The van der Waals surface area contributed by atoms with Crippen molar-refractivity contribution in [2.75, 3.05) is 19.0 Å². The summed E-state index contributed by atoms with van der Waals surface area (Å²) in [5.74, 6) is 0.679. The minimum absolute atomic E-state index is 0.0282. The molecule has 4 aromatic rings. The predicted octanol–water partition coefficient (Wildman–Crippen LogP) is 3.72. The van der Waals surface area contributed by atoms with Crippen LogP contribution in [-0.2, 0) is 27.8 Å². The van der Waals surface area contributed by atoms with Gasteiger partial charge in [0, 0.05) is 17.8 Å². The standard InChI is InChI=1S/C31H33N5O5S/c1-40-28-19-24(11-16-27(28)41-20-22-5-3-2-4-6-22)29(36-25-12-9-23(10-13-25)30(32)33)31(37)35-18-17-21-7-14-26(15-8-21)42(34,38)39/h2-16,19,29,36H,17-18,20H2,1H3,(H3,32,33)(H,35,37)(H2,34,38,39). The molecular formula is C31H33N5O5S. The van der Waals surface area contributed by atoms with Gasteiger partial charge < -0.3 is 25.8 Å². The summed E-state index contributed by atoms with van der Waals surface area (Å²) in [5, 5.41) is 19.0. The van der Waals surface area contributed by atoms with Crippen LogP contribution in [0.4, 0.5) is 5.69 Å². The molecule has 0 aromatic heterocycles. The molecule has 0 bridgehead atoms. The first-order valence-corrected chi connectivity index (χ1v) is 14.6. The van der Waals surface area contributed by atoms with Crippen LogP contribution in [-0.4, -0.2) is 33.8 Å². The number of carbonyl (C=O) groups excluding carboxylic acids is 1. The predicted molar refractivity (Wildman–Crippen MR) is 162 cm³/mol. The maximum absolute atomic E-state index is 13.5. The molecule has 0 spiro atoms. The molecule has 0 saturated carbocycles. The monoisotopic (exact) mass is 587 g/mol. The summed E-state index contributed by atoms with van der Waals surface area (Å²) in [5.41, 5.74) is 9.30. The van der Waals surface area contributed by atoms with Crippen LogP contribution in [0, 0.1) is 5.41 Å². The van der Waals surface area contributed by atoms with E-state index in [-0.39, 0.29) is 16.6 Å². The topological polar surface area (TPSA) is 170 Å². The Kier molecular flexibility index (Phi) is 9.79. The van der Waals surface area contributed by atoms with Crippen LogP contribution in [0.3, 0.4) is 0 Å². The zero-order chi connectivity index (χ0) is 30.1. The highest BCUT2D eigenvalue weighted by Gasteiger charge is 2.22. The first kappa shape index (κ1) is 30.1. The number of amides is 1. The van der Waals surface area contributed by atoms with Gasteiger partial charge in [-0.3, -0.25) is 10.2 Å². The lowest BCUT2D eigenvalue weighted by atomic mass is 10.0. The summed E-state index contributed by atoms with van der Waals surface area (Å²) in [6.07, 6.45) is 0.478. The third-order valence-electron chi connectivity index (χ3n) is 6.49. The fraction of sp³-hybridized carbons (Fsp3) is 0.161. The van der Waals surface area contributed by atoms with Gasteiger partial charge in [-0.2, -0.15) is 0 Å². The minimum atomic E-state index is -3.78. The molecule has 0 aliphatic carbocycles. The number of amidine groups is 1. The third-order valence-corrected chi connectivity index (χ3v) is 7.42. The number of nitrogens with one attached hydrogen (secondary N) is 3. The molecule has 4 rings (SSSR count). The molecule has 10 nitrogen and oxygen atoms in total. The Balaban J connectivity index is 1.51. The Hall–Kier alpha value is -4.87. The van der Waals surface area contributed by atoms with Crippen LogP contribution >= 0.6 is 0 Å². The van der Waals surface area contributed by atoms with Crippen molar-refractivity contribution in [3.8, 4) is 11.5 Å².